The van der Waals surface area contributed by atoms with Gasteiger partial charge in [-0.05, 0) is 23.6 Å². The van der Waals surface area contributed by atoms with Crippen LogP contribution in [0.3, 0.4) is 0 Å². The molecule has 0 radical (unpaired) electrons. The van der Waals surface area contributed by atoms with Crippen LogP contribution in [0.4, 0.5) is 5.69 Å². The van der Waals surface area contributed by atoms with Crippen molar-refractivity contribution in [1.82, 2.24) is 5.32 Å². The second-order valence-electron chi connectivity index (χ2n) is 5.58. The molecule has 0 aliphatic heterocycles. The van der Waals surface area contributed by atoms with Crippen LogP contribution in [0, 0.1) is 0 Å². The minimum Gasteiger partial charge on any atom is -0.496 e. The average Bonchev–Trinajstić information content (AvgIpc) is 2.62. The van der Waals surface area contributed by atoms with Crippen LogP contribution < -0.4 is 15.8 Å². The van der Waals surface area contributed by atoms with Crippen molar-refractivity contribution in [3.8, 4) is 5.75 Å². The molecular formula is C19H24Cl2N2O3. The number of benzene rings is 2. The molecule has 0 saturated carbocycles. The summed E-state index contributed by atoms with van der Waals surface area (Å²) in [6, 6.07) is 10.9. The molecule has 5 nitrogen and oxygen atoms in total. The summed E-state index contributed by atoms with van der Waals surface area (Å²) < 4.78 is 10.8. The zero-order valence-electron chi connectivity index (χ0n) is 14.9. The van der Waals surface area contributed by atoms with Gasteiger partial charge in [0.05, 0.1) is 30.0 Å². The molecular weight excluding hydrogens is 375 g/mol. The maximum Gasteiger partial charge on any atom is 0.255 e. The van der Waals surface area contributed by atoms with Crippen molar-refractivity contribution in [2.75, 3.05) is 19.5 Å². The van der Waals surface area contributed by atoms with Gasteiger partial charge >= 0.3 is 0 Å². The molecule has 0 spiro atoms. The highest BCUT2D eigenvalue weighted by molar-refractivity contribution is 6.33. The molecule has 2 rings (SSSR count). The third kappa shape index (κ3) is 5.80. The molecule has 0 aliphatic rings. The number of rotatable bonds is 8. The van der Waals surface area contributed by atoms with Crippen molar-refractivity contribution in [3.63, 3.8) is 0 Å². The first-order valence-electron chi connectivity index (χ1n) is 8.12. The SMILES string of the molecule is CCCOCc1ccccc1CNC(=O)c1cc(Cl)c(N)cc1OC.Cl. The smallest absolute Gasteiger partial charge is 0.255 e. The zero-order chi connectivity index (χ0) is 18.2. The fourth-order valence-corrected chi connectivity index (χ4v) is 2.55. The Kier molecular flexibility index (Phi) is 9.27. The summed E-state index contributed by atoms with van der Waals surface area (Å²) in [6.07, 6.45) is 0.969. The van der Waals surface area contributed by atoms with Crippen LogP contribution in [-0.2, 0) is 17.9 Å². The van der Waals surface area contributed by atoms with Gasteiger partial charge < -0.3 is 20.5 Å². The first kappa shape index (κ1) is 22.1. The Bertz CT molecular complexity index is 739. The maximum atomic E-state index is 12.5. The number of hydrogen-bond donors (Lipinski definition) is 2. The third-order valence-corrected chi connectivity index (χ3v) is 4.05. The van der Waals surface area contributed by atoms with E-state index in [1.54, 1.807) is 6.07 Å². The topological polar surface area (TPSA) is 73.6 Å². The van der Waals surface area contributed by atoms with Crippen molar-refractivity contribution in [2.24, 2.45) is 0 Å². The number of amides is 1. The summed E-state index contributed by atoms with van der Waals surface area (Å²) in [4.78, 5) is 12.5. The number of carbonyl (C=O) groups excluding carboxylic acids is 1. The molecule has 3 N–H and O–H groups in total. The van der Waals surface area contributed by atoms with Crippen LogP contribution in [0.2, 0.25) is 5.02 Å². The van der Waals surface area contributed by atoms with Gasteiger partial charge in [0.25, 0.3) is 5.91 Å². The largest absolute Gasteiger partial charge is 0.496 e. The van der Waals surface area contributed by atoms with Gasteiger partial charge in [0.15, 0.2) is 0 Å². The molecule has 0 fully saturated rings. The quantitative estimate of drug-likeness (QED) is 0.515. The molecule has 0 heterocycles. The van der Waals surface area contributed by atoms with Gasteiger partial charge in [0.1, 0.15) is 5.75 Å². The Balaban J connectivity index is 0.00000338. The lowest BCUT2D eigenvalue weighted by Crippen LogP contribution is -2.24. The predicted octanol–water partition coefficient (Wildman–Crippen LogP) is 4.21. The number of anilines is 1. The molecule has 2 aromatic carbocycles. The highest BCUT2D eigenvalue weighted by Crippen LogP contribution is 2.28. The molecule has 26 heavy (non-hydrogen) atoms. The highest BCUT2D eigenvalue weighted by atomic mass is 35.5. The fourth-order valence-electron chi connectivity index (χ4n) is 2.38. The Morgan fingerprint density at radius 1 is 1.23 bits per heavy atom. The van der Waals surface area contributed by atoms with Crippen LogP contribution in [0.25, 0.3) is 0 Å². The summed E-state index contributed by atoms with van der Waals surface area (Å²) in [7, 11) is 1.49. The van der Waals surface area contributed by atoms with E-state index in [9.17, 15) is 4.79 Å². The van der Waals surface area contributed by atoms with Gasteiger partial charge in [-0.15, -0.1) is 12.4 Å². The number of nitrogen functional groups attached to an aromatic ring is 1. The van der Waals surface area contributed by atoms with E-state index in [4.69, 9.17) is 26.8 Å². The van der Waals surface area contributed by atoms with E-state index in [0.29, 0.717) is 41.8 Å². The average molecular weight is 399 g/mol. The second kappa shape index (κ2) is 10.9. The first-order chi connectivity index (χ1) is 12.1. The molecule has 0 atom stereocenters. The van der Waals surface area contributed by atoms with Gasteiger partial charge in [-0.25, -0.2) is 0 Å². The number of nitrogens with one attached hydrogen (secondary N) is 1. The lowest BCUT2D eigenvalue weighted by molar-refractivity contribution is 0.0946. The molecule has 7 heteroatoms. The standard InChI is InChI=1S/C19H23ClN2O3.ClH/c1-3-8-25-12-14-7-5-4-6-13(14)11-22-19(23)15-9-16(20)17(21)10-18(15)24-2;/h4-7,9-10H,3,8,11-12,21H2,1-2H3,(H,22,23);1H. The van der Waals surface area contributed by atoms with Gasteiger partial charge in [-0.1, -0.05) is 42.8 Å². The zero-order valence-corrected chi connectivity index (χ0v) is 16.5. The molecule has 142 valence electrons. The Morgan fingerprint density at radius 2 is 1.92 bits per heavy atom. The summed E-state index contributed by atoms with van der Waals surface area (Å²) in [6.45, 7) is 3.69. The molecule has 0 aromatic heterocycles. The van der Waals surface area contributed by atoms with E-state index in [1.807, 2.05) is 24.3 Å². The Labute approximate surface area is 165 Å². The normalized spacial score (nSPS) is 10.1. The number of methoxy groups -OCH3 is 1. The van der Waals surface area contributed by atoms with Crippen molar-refractivity contribution in [1.29, 1.82) is 0 Å². The first-order valence-corrected chi connectivity index (χ1v) is 8.50. The monoisotopic (exact) mass is 398 g/mol. The number of halogens is 2. The Morgan fingerprint density at radius 3 is 2.58 bits per heavy atom. The van der Waals surface area contributed by atoms with Crippen molar-refractivity contribution >= 4 is 35.6 Å². The van der Waals surface area contributed by atoms with Crippen LogP contribution in [0.1, 0.15) is 34.8 Å². The minimum atomic E-state index is -0.275. The van der Waals surface area contributed by atoms with E-state index in [0.717, 1.165) is 17.5 Å². The molecule has 0 unspecified atom stereocenters. The van der Waals surface area contributed by atoms with E-state index in [2.05, 4.69) is 12.2 Å². The van der Waals surface area contributed by atoms with E-state index in [1.165, 1.54) is 13.2 Å². The van der Waals surface area contributed by atoms with Crippen LogP contribution in [0.5, 0.6) is 5.75 Å². The number of nitrogens with two attached hydrogens (primary N) is 1. The molecule has 1 amide bonds. The minimum absolute atomic E-state index is 0. The van der Waals surface area contributed by atoms with E-state index in [-0.39, 0.29) is 18.3 Å². The maximum absolute atomic E-state index is 12.5. The molecule has 0 bridgehead atoms. The van der Waals surface area contributed by atoms with Crippen LogP contribution in [0.15, 0.2) is 36.4 Å². The number of hydrogen-bond acceptors (Lipinski definition) is 4. The second-order valence-corrected chi connectivity index (χ2v) is 5.99. The fraction of sp³-hybridized carbons (Fsp3) is 0.316. The summed E-state index contributed by atoms with van der Waals surface area (Å²) in [5, 5.41) is 3.21. The number of ether oxygens (including phenoxy) is 2. The van der Waals surface area contributed by atoms with E-state index >= 15 is 0 Å². The number of carbonyl (C=O) groups is 1. The lowest BCUT2D eigenvalue weighted by Gasteiger charge is -2.13. The third-order valence-electron chi connectivity index (χ3n) is 3.73. The van der Waals surface area contributed by atoms with Gasteiger partial charge in [0, 0.05) is 19.2 Å². The summed E-state index contributed by atoms with van der Waals surface area (Å²) in [5.41, 5.74) is 8.53. The van der Waals surface area contributed by atoms with Gasteiger partial charge in [-0.2, -0.15) is 0 Å². The van der Waals surface area contributed by atoms with Gasteiger partial charge in [0.2, 0.25) is 0 Å². The van der Waals surface area contributed by atoms with E-state index < -0.39 is 0 Å². The molecule has 0 saturated heterocycles. The molecule has 0 aliphatic carbocycles. The van der Waals surface area contributed by atoms with Crippen molar-refractivity contribution in [2.45, 2.75) is 26.5 Å². The molecule has 2 aromatic rings. The summed E-state index contributed by atoms with van der Waals surface area (Å²) >= 11 is 6.02. The van der Waals surface area contributed by atoms with Gasteiger partial charge in [-0.3, -0.25) is 4.79 Å². The summed E-state index contributed by atoms with van der Waals surface area (Å²) in [5.74, 6) is 0.113. The predicted molar refractivity (Wildman–Crippen MR) is 107 cm³/mol. The van der Waals surface area contributed by atoms with Crippen molar-refractivity contribution < 1.29 is 14.3 Å². The van der Waals surface area contributed by atoms with Crippen molar-refractivity contribution in [3.05, 3.63) is 58.1 Å². The lowest BCUT2D eigenvalue weighted by atomic mass is 10.1. The highest BCUT2D eigenvalue weighted by Gasteiger charge is 2.15. The van der Waals surface area contributed by atoms with Crippen LogP contribution >= 0.6 is 24.0 Å². The Hall–Kier alpha value is -1.95. The van der Waals surface area contributed by atoms with Crippen LogP contribution in [-0.4, -0.2) is 19.6 Å².